The van der Waals surface area contributed by atoms with Gasteiger partial charge >= 0.3 is 0 Å². The van der Waals surface area contributed by atoms with Crippen LogP contribution in [0.25, 0.3) is 0 Å². The Morgan fingerprint density at radius 3 is 2.43 bits per heavy atom. The van der Waals surface area contributed by atoms with Crippen LogP contribution in [0.5, 0.6) is 5.75 Å². The van der Waals surface area contributed by atoms with Crippen LogP contribution in [0.15, 0.2) is 71.8 Å². The molecule has 3 aromatic rings. The molecule has 2 aliphatic rings. The maximum absolute atomic E-state index is 6.44. The molecule has 0 spiro atoms. The van der Waals surface area contributed by atoms with Crippen LogP contribution in [0.4, 0.5) is 5.69 Å². The molecule has 152 valence electrons. The summed E-state index contributed by atoms with van der Waals surface area (Å²) >= 11 is 6.32. The van der Waals surface area contributed by atoms with Gasteiger partial charge in [-0.05, 0) is 42.8 Å². The Bertz CT molecular complexity index is 1110. The minimum atomic E-state index is -0.275. The highest BCUT2D eigenvalue weighted by atomic mass is 35.5. The van der Waals surface area contributed by atoms with Crippen LogP contribution in [-0.2, 0) is 0 Å². The first-order chi connectivity index (χ1) is 14.5. The third-order valence-corrected chi connectivity index (χ3v) is 6.07. The van der Waals surface area contributed by atoms with E-state index in [1.165, 1.54) is 5.56 Å². The minimum absolute atomic E-state index is 0.0993. The fourth-order valence-electron chi connectivity index (χ4n) is 4.14. The van der Waals surface area contributed by atoms with Gasteiger partial charge in [-0.15, -0.1) is 0 Å². The number of fused-ring (bicyclic) bond motifs is 3. The first-order valence-electron chi connectivity index (χ1n) is 10.2. The lowest BCUT2D eigenvalue weighted by Gasteiger charge is -2.38. The Morgan fingerprint density at radius 2 is 1.73 bits per heavy atom. The van der Waals surface area contributed by atoms with Gasteiger partial charge in [0.15, 0.2) is 0 Å². The summed E-state index contributed by atoms with van der Waals surface area (Å²) in [5.41, 5.74) is 6.80. The molecule has 0 amide bonds. The first-order valence-corrected chi connectivity index (χ1v) is 10.5. The average Bonchev–Trinajstić information content (AvgIpc) is 3.19. The second-order valence-corrected chi connectivity index (χ2v) is 8.59. The predicted molar refractivity (Wildman–Crippen MR) is 123 cm³/mol. The van der Waals surface area contributed by atoms with Gasteiger partial charge in [-0.3, -0.25) is 0 Å². The molecule has 0 N–H and O–H groups in total. The van der Waals surface area contributed by atoms with Crippen molar-refractivity contribution >= 4 is 23.0 Å². The molecule has 0 saturated heterocycles. The molecule has 0 fully saturated rings. The summed E-state index contributed by atoms with van der Waals surface area (Å²) < 4.78 is 6.44. The average molecular weight is 418 g/mol. The van der Waals surface area contributed by atoms with E-state index in [1.54, 1.807) is 0 Å². The van der Waals surface area contributed by atoms with Crippen LogP contribution in [0.3, 0.4) is 0 Å². The number of benzene rings is 3. The third-order valence-electron chi connectivity index (χ3n) is 5.83. The quantitative estimate of drug-likeness (QED) is 0.526. The lowest BCUT2D eigenvalue weighted by molar-refractivity contribution is -0.0190. The van der Waals surface area contributed by atoms with Crippen molar-refractivity contribution in [1.82, 2.24) is 5.01 Å². The smallest absolute Gasteiger partial charge is 0.213 e. The van der Waals surface area contributed by atoms with E-state index >= 15 is 0 Å². The predicted octanol–water partition coefficient (Wildman–Crippen LogP) is 5.96. The number of rotatable bonds is 3. The van der Waals surface area contributed by atoms with E-state index in [0.29, 0.717) is 0 Å². The normalized spacial score (nSPS) is 19.6. The number of halogens is 1. The molecule has 0 unspecified atom stereocenters. The van der Waals surface area contributed by atoms with Crippen molar-refractivity contribution in [2.75, 3.05) is 19.0 Å². The van der Waals surface area contributed by atoms with Gasteiger partial charge in [0.25, 0.3) is 0 Å². The van der Waals surface area contributed by atoms with Crippen molar-refractivity contribution < 1.29 is 4.74 Å². The Balaban J connectivity index is 1.57. The largest absolute Gasteiger partial charge is 0.464 e. The number of anilines is 1. The molecule has 5 rings (SSSR count). The van der Waals surface area contributed by atoms with Crippen molar-refractivity contribution in [3.05, 3.63) is 94.0 Å². The zero-order chi connectivity index (χ0) is 20.8. The molecule has 4 nitrogen and oxygen atoms in total. The number of aryl methyl sites for hydroxylation is 1. The van der Waals surface area contributed by atoms with Crippen molar-refractivity contribution in [3.63, 3.8) is 0 Å². The molecular weight excluding hydrogens is 394 g/mol. The van der Waals surface area contributed by atoms with E-state index < -0.39 is 0 Å². The lowest BCUT2D eigenvalue weighted by Crippen LogP contribution is -2.33. The monoisotopic (exact) mass is 417 g/mol. The van der Waals surface area contributed by atoms with Gasteiger partial charge in [0.1, 0.15) is 5.75 Å². The minimum Gasteiger partial charge on any atom is -0.464 e. The molecule has 0 aliphatic carbocycles. The second kappa shape index (κ2) is 7.37. The Labute approximate surface area is 182 Å². The van der Waals surface area contributed by atoms with Crippen LogP contribution in [0, 0.1) is 6.92 Å². The number of ether oxygens (including phenoxy) is 1. The molecule has 5 heteroatoms. The van der Waals surface area contributed by atoms with Gasteiger partial charge in [-0.1, -0.05) is 53.6 Å². The lowest BCUT2D eigenvalue weighted by atomic mass is 9.95. The zero-order valence-electron chi connectivity index (χ0n) is 17.3. The summed E-state index contributed by atoms with van der Waals surface area (Å²) in [4.78, 5) is 2.09. The van der Waals surface area contributed by atoms with E-state index in [2.05, 4.69) is 65.4 Å². The fraction of sp³-hybridized carbons (Fsp3) is 0.240. The van der Waals surface area contributed by atoms with Gasteiger partial charge in [-0.25, -0.2) is 5.01 Å². The summed E-state index contributed by atoms with van der Waals surface area (Å²) in [5.74, 6) is 0.877. The molecule has 30 heavy (non-hydrogen) atoms. The molecule has 0 bridgehead atoms. The summed E-state index contributed by atoms with van der Waals surface area (Å²) in [6, 6.07) is 23.0. The van der Waals surface area contributed by atoms with Crippen LogP contribution in [0.2, 0.25) is 5.02 Å². The van der Waals surface area contributed by atoms with E-state index in [-0.39, 0.29) is 12.3 Å². The van der Waals surface area contributed by atoms with Gasteiger partial charge in [-0.2, -0.15) is 5.10 Å². The summed E-state index contributed by atoms with van der Waals surface area (Å²) in [7, 11) is 4.08. The number of nitrogens with zero attached hydrogens (tertiary/aromatic N) is 3. The van der Waals surface area contributed by atoms with Crippen LogP contribution in [-0.4, -0.2) is 24.8 Å². The maximum Gasteiger partial charge on any atom is 0.213 e. The van der Waals surface area contributed by atoms with Crippen LogP contribution < -0.4 is 9.64 Å². The summed E-state index contributed by atoms with van der Waals surface area (Å²) in [6.45, 7) is 2.10. The first kappa shape index (κ1) is 19.0. The second-order valence-electron chi connectivity index (χ2n) is 8.15. The van der Waals surface area contributed by atoms with Crippen LogP contribution >= 0.6 is 11.6 Å². The molecule has 2 heterocycles. The van der Waals surface area contributed by atoms with Gasteiger partial charge in [0, 0.05) is 42.4 Å². The van der Waals surface area contributed by atoms with Crippen molar-refractivity contribution in [1.29, 1.82) is 0 Å². The molecule has 0 radical (unpaired) electrons. The highest BCUT2D eigenvalue weighted by Gasteiger charge is 2.41. The number of hydrogen-bond acceptors (Lipinski definition) is 4. The van der Waals surface area contributed by atoms with E-state index in [4.69, 9.17) is 21.4 Å². The molecular formula is C25H24ClN3O. The third kappa shape index (κ3) is 3.31. The Morgan fingerprint density at radius 1 is 1.00 bits per heavy atom. The molecule has 2 atom stereocenters. The molecule has 2 aliphatic heterocycles. The molecule has 3 aromatic carbocycles. The molecule has 0 aromatic heterocycles. The van der Waals surface area contributed by atoms with E-state index in [1.807, 2.05) is 32.3 Å². The molecule has 0 saturated carbocycles. The van der Waals surface area contributed by atoms with Gasteiger partial charge in [0.05, 0.1) is 11.8 Å². The van der Waals surface area contributed by atoms with Gasteiger partial charge < -0.3 is 9.64 Å². The van der Waals surface area contributed by atoms with Crippen molar-refractivity contribution in [3.8, 4) is 5.75 Å². The standard InChI is InChI=1S/C25H24ClN3O/c1-16-4-6-17(7-5-16)22-15-23-21-14-19(26)10-13-24(21)30-25(29(23)27-22)18-8-11-20(12-9-18)28(2)3/h4-14,23,25H,15H2,1-3H3/t23-,25+/m0/s1. The van der Waals surface area contributed by atoms with Crippen LogP contribution in [0.1, 0.15) is 40.9 Å². The Kier molecular flexibility index (Phi) is 4.67. The highest BCUT2D eigenvalue weighted by molar-refractivity contribution is 6.30. The summed E-state index contributed by atoms with van der Waals surface area (Å²) in [5, 5.41) is 7.84. The van der Waals surface area contributed by atoms with Crippen molar-refractivity contribution in [2.24, 2.45) is 5.10 Å². The van der Waals surface area contributed by atoms with E-state index in [9.17, 15) is 0 Å². The number of hydrogen-bond donors (Lipinski definition) is 0. The summed E-state index contributed by atoms with van der Waals surface area (Å²) in [6.07, 6.45) is 0.550. The topological polar surface area (TPSA) is 28.1 Å². The fourth-order valence-corrected chi connectivity index (χ4v) is 4.32. The van der Waals surface area contributed by atoms with E-state index in [0.717, 1.165) is 45.3 Å². The zero-order valence-corrected chi connectivity index (χ0v) is 18.1. The maximum atomic E-state index is 6.44. The SMILES string of the molecule is Cc1ccc(C2=NN3[C@@H](c4ccc(N(C)C)cc4)Oc4ccc(Cl)cc4[C@@H]3C2)cc1. The highest BCUT2D eigenvalue weighted by Crippen LogP contribution is 2.48. The number of hydrazone groups is 1. The Hall–Kier alpha value is -2.98. The van der Waals surface area contributed by atoms with Gasteiger partial charge in [0.2, 0.25) is 6.23 Å². The van der Waals surface area contributed by atoms with Crippen molar-refractivity contribution in [2.45, 2.75) is 25.6 Å².